The quantitative estimate of drug-likeness (QED) is 0.287. The first kappa shape index (κ1) is 25.0. The van der Waals surface area contributed by atoms with Gasteiger partial charge >= 0.3 is 5.97 Å². The minimum absolute atomic E-state index is 0.157. The van der Waals surface area contributed by atoms with Crippen molar-refractivity contribution in [2.45, 2.75) is 51.3 Å². The number of aromatic nitrogens is 1. The minimum atomic E-state index is -0.383. The number of ether oxygens (including phenoxy) is 2. The molecule has 9 heteroatoms. The van der Waals surface area contributed by atoms with E-state index in [1.807, 2.05) is 25.1 Å². The summed E-state index contributed by atoms with van der Waals surface area (Å²) in [4.78, 5) is 31.2. The van der Waals surface area contributed by atoms with Crippen molar-refractivity contribution in [1.29, 1.82) is 0 Å². The molecule has 0 unspecified atom stereocenters. The summed E-state index contributed by atoms with van der Waals surface area (Å²) < 4.78 is 12.5. The highest BCUT2D eigenvalue weighted by Crippen LogP contribution is 2.44. The van der Waals surface area contributed by atoms with Crippen LogP contribution in [-0.2, 0) is 22.4 Å². The molecule has 1 aliphatic rings. The number of thioether (sulfide) groups is 1. The number of nitrogens with one attached hydrogen (secondary N) is 1. The first-order valence-corrected chi connectivity index (χ1v) is 14.0. The molecule has 0 fully saturated rings. The number of thiazole rings is 1. The Morgan fingerprint density at radius 3 is 2.76 bits per heavy atom. The van der Waals surface area contributed by atoms with Crippen LogP contribution >= 0.6 is 34.4 Å². The van der Waals surface area contributed by atoms with Gasteiger partial charge in [0.05, 0.1) is 35.2 Å². The molecule has 0 saturated heterocycles. The van der Waals surface area contributed by atoms with E-state index in [1.54, 1.807) is 11.3 Å². The van der Waals surface area contributed by atoms with Crippen LogP contribution in [0.15, 0.2) is 22.5 Å². The van der Waals surface area contributed by atoms with Crippen LogP contribution in [0, 0.1) is 11.3 Å². The second-order valence-electron chi connectivity index (χ2n) is 9.38. The third-order valence-corrected chi connectivity index (χ3v) is 9.44. The molecule has 34 heavy (non-hydrogen) atoms. The maximum absolute atomic E-state index is 12.8. The molecule has 2 heterocycles. The highest BCUT2D eigenvalue weighted by atomic mass is 32.2. The third kappa shape index (κ3) is 5.42. The van der Waals surface area contributed by atoms with Crippen molar-refractivity contribution in [1.82, 2.24) is 4.98 Å². The van der Waals surface area contributed by atoms with Crippen LogP contribution in [0.2, 0.25) is 0 Å². The van der Waals surface area contributed by atoms with Crippen molar-refractivity contribution in [3.63, 3.8) is 0 Å². The molecule has 2 aromatic heterocycles. The second-order valence-corrected chi connectivity index (χ2v) is 12.7. The van der Waals surface area contributed by atoms with Gasteiger partial charge in [-0.05, 0) is 61.3 Å². The van der Waals surface area contributed by atoms with Gasteiger partial charge in [0.2, 0.25) is 5.91 Å². The summed E-state index contributed by atoms with van der Waals surface area (Å²) in [5.41, 5.74) is 2.66. The smallest absolute Gasteiger partial charge is 0.341 e. The minimum Gasteiger partial charge on any atom is -0.494 e. The SMILES string of the molecule is CCOc1ccc2nc(SCC(=O)Nc3sc4c(c3C(=O)OC)CC[C@@H](C(C)(C)C)C4)sc2c1. The number of thiophene rings is 1. The molecule has 0 saturated carbocycles. The van der Waals surface area contributed by atoms with Gasteiger partial charge in [-0.15, -0.1) is 22.7 Å². The van der Waals surface area contributed by atoms with Crippen LogP contribution in [-0.4, -0.2) is 36.3 Å². The monoisotopic (exact) mass is 518 g/mol. The predicted molar refractivity (Wildman–Crippen MR) is 141 cm³/mol. The Kier molecular flexibility index (Phi) is 7.54. The van der Waals surface area contributed by atoms with Crippen molar-refractivity contribution in [3.05, 3.63) is 34.2 Å². The van der Waals surface area contributed by atoms with E-state index in [4.69, 9.17) is 9.47 Å². The van der Waals surface area contributed by atoms with E-state index in [-0.39, 0.29) is 23.0 Å². The first-order chi connectivity index (χ1) is 16.2. The molecule has 1 aliphatic carbocycles. The number of benzene rings is 1. The molecular formula is C25H30N2O4S3. The molecule has 1 aromatic carbocycles. The molecule has 1 amide bonds. The largest absolute Gasteiger partial charge is 0.494 e. The lowest BCUT2D eigenvalue weighted by atomic mass is 9.72. The predicted octanol–water partition coefficient (Wildman–Crippen LogP) is 6.42. The van der Waals surface area contributed by atoms with E-state index in [2.05, 4.69) is 31.1 Å². The number of esters is 1. The summed E-state index contributed by atoms with van der Waals surface area (Å²) in [6.07, 6.45) is 2.79. The Bertz CT molecular complexity index is 1210. The fourth-order valence-corrected chi connectivity index (χ4v) is 7.45. The summed E-state index contributed by atoms with van der Waals surface area (Å²) in [5.74, 6) is 1.04. The van der Waals surface area contributed by atoms with Crippen LogP contribution in [0.3, 0.4) is 0 Å². The normalized spacial score (nSPS) is 15.7. The standard InChI is InChI=1S/C25H30N2O4S3/c1-6-31-15-8-10-17-19(12-15)34-24(26-17)32-13-20(28)27-22-21(23(29)30-5)16-9-7-14(25(2,3)4)11-18(16)33-22/h8,10,12,14H,6-7,9,11,13H2,1-5H3,(H,27,28)/t14-/m1/s1. The molecule has 0 aliphatic heterocycles. The Morgan fingerprint density at radius 1 is 1.26 bits per heavy atom. The number of carbonyl (C=O) groups excluding carboxylic acids is 2. The molecule has 0 spiro atoms. The van der Waals surface area contributed by atoms with Crippen LogP contribution < -0.4 is 10.1 Å². The first-order valence-electron chi connectivity index (χ1n) is 11.4. The van der Waals surface area contributed by atoms with Gasteiger partial charge < -0.3 is 14.8 Å². The summed E-state index contributed by atoms with van der Waals surface area (Å²) in [7, 11) is 1.39. The fourth-order valence-electron chi connectivity index (χ4n) is 4.22. The lowest BCUT2D eigenvalue weighted by molar-refractivity contribution is -0.113. The molecule has 1 N–H and O–H groups in total. The van der Waals surface area contributed by atoms with E-state index < -0.39 is 0 Å². The zero-order valence-corrected chi connectivity index (χ0v) is 22.6. The van der Waals surface area contributed by atoms with Gasteiger partial charge in [-0.2, -0.15) is 0 Å². The summed E-state index contributed by atoms with van der Waals surface area (Å²) in [5, 5.41) is 3.58. The number of hydrogen-bond acceptors (Lipinski definition) is 8. The highest BCUT2D eigenvalue weighted by Gasteiger charge is 2.34. The molecule has 0 radical (unpaired) electrons. The van der Waals surface area contributed by atoms with Crippen LogP contribution in [0.4, 0.5) is 5.00 Å². The van der Waals surface area contributed by atoms with Gasteiger partial charge in [-0.3, -0.25) is 4.79 Å². The van der Waals surface area contributed by atoms with Crippen molar-refractivity contribution in [2.24, 2.45) is 11.3 Å². The van der Waals surface area contributed by atoms with Gasteiger partial charge in [0.25, 0.3) is 0 Å². The van der Waals surface area contributed by atoms with Crippen molar-refractivity contribution >= 4 is 61.5 Å². The molecule has 3 aromatic rings. The maximum Gasteiger partial charge on any atom is 0.341 e. The number of anilines is 1. The van der Waals surface area contributed by atoms with E-state index in [1.165, 1.54) is 35.1 Å². The summed E-state index contributed by atoms with van der Waals surface area (Å²) >= 11 is 4.45. The van der Waals surface area contributed by atoms with Crippen LogP contribution in [0.25, 0.3) is 10.2 Å². The zero-order valence-electron chi connectivity index (χ0n) is 20.1. The maximum atomic E-state index is 12.8. The van der Waals surface area contributed by atoms with Crippen LogP contribution in [0.5, 0.6) is 5.75 Å². The summed E-state index contributed by atoms with van der Waals surface area (Å²) in [6.45, 7) is 9.35. The highest BCUT2D eigenvalue weighted by molar-refractivity contribution is 8.01. The Hall–Kier alpha value is -2.10. The second kappa shape index (κ2) is 10.3. The number of nitrogens with zero attached hydrogens (tertiary/aromatic N) is 1. The van der Waals surface area contributed by atoms with E-state index >= 15 is 0 Å². The van der Waals surface area contributed by atoms with Gasteiger partial charge in [-0.25, -0.2) is 9.78 Å². The number of amides is 1. The number of carbonyl (C=O) groups is 2. The number of methoxy groups -OCH3 is 1. The topological polar surface area (TPSA) is 77.5 Å². The lowest BCUT2D eigenvalue weighted by Gasteiger charge is -2.33. The van der Waals surface area contributed by atoms with Gasteiger partial charge in [0.1, 0.15) is 10.8 Å². The number of fused-ring (bicyclic) bond motifs is 2. The fraction of sp³-hybridized carbons (Fsp3) is 0.480. The van der Waals surface area contributed by atoms with Gasteiger partial charge in [0, 0.05) is 4.88 Å². The van der Waals surface area contributed by atoms with Gasteiger partial charge in [-0.1, -0.05) is 32.5 Å². The Labute approximate surface area is 212 Å². The van der Waals surface area contributed by atoms with Crippen molar-refractivity contribution < 1.29 is 19.1 Å². The Balaban J connectivity index is 1.47. The molecule has 182 valence electrons. The van der Waals surface area contributed by atoms with Crippen molar-refractivity contribution in [2.75, 3.05) is 24.8 Å². The Morgan fingerprint density at radius 2 is 2.06 bits per heavy atom. The molecule has 4 rings (SSSR count). The average molecular weight is 519 g/mol. The lowest BCUT2D eigenvalue weighted by Crippen LogP contribution is -2.26. The van der Waals surface area contributed by atoms with Crippen LogP contribution in [0.1, 0.15) is 54.9 Å². The molecular weight excluding hydrogens is 488 g/mol. The third-order valence-electron chi connectivity index (χ3n) is 6.11. The molecule has 0 bridgehead atoms. The van der Waals surface area contributed by atoms with E-state index in [9.17, 15) is 9.59 Å². The van der Waals surface area contributed by atoms with E-state index in [0.29, 0.717) is 23.1 Å². The summed E-state index contributed by atoms with van der Waals surface area (Å²) in [6, 6.07) is 5.82. The van der Waals surface area contributed by atoms with E-state index in [0.717, 1.165) is 45.1 Å². The molecule has 1 atom stereocenters. The molecule has 6 nitrogen and oxygen atoms in total. The zero-order chi connectivity index (χ0) is 24.5. The van der Waals surface area contributed by atoms with Crippen molar-refractivity contribution in [3.8, 4) is 5.75 Å². The number of rotatable bonds is 7. The number of hydrogen-bond donors (Lipinski definition) is 1. The average Bonchev–Trinajstić information content (AvgIpc) is 3.36. The van der Waals surface area contributed by atoms with Gasteiger partial charge in [0.15, 0.2) is 4.34 Å².